The highest BCUT2D eigenvalue weighted by Gasteiger charge is 2.22. The van der Waals surface area contributed by atoms with Crippen LogP contribution in [0.25, 0.3) is 0 Å². The van der Waals surface area contributed by atoms with Crippen LogP contribution >= 0.6 is 7.82 Å². The van der Waals surface area contributed by atoms with Crippen LogP contribution in [0.4, 0.5) is 0 Å². The highest BCUT2D eigenvalue weighted by molar-refractivity contribution is 7.46. The van der Waals surface area contributed by atoms with E-state index in [1.807, 2.05) is 30.3 Å². The minimum absolute atomic E-state index is 0.153. The van der Waals surface area contributed by atoms with Crippen LogP contribution < -0.4 is 4.74 Å². The maximum Gasteiger partial charge on any atom is 0.469 e. The molecule has 6 nitrogen and oxygen atoms in total. The van der Waals surface area contributed by atoms with E-state index in [9.17, 15) is 4.57 Å². The molecule has 0 fully saturated rings. The van der Waals surface area contributed by atoms with E-state index in [1.165, 1.54) is 32.1 Å². The summed E-state index contributed by atoms with van der Waals surface area (Å²) in [7, 11) is -4.51. The van der Waals surface area contributed by atoms with Crippen molar-refractivity contribution in [2.75, 3.05) is 19.8 Å². The van der Waals surface area contributed by atoms with Gasteiger partial charge >= 0.3 is 7.82 Å². The molecule has 0 aliphatic heterocycles. The van der Waals surface area contributed by atoms with Gasteiger partial charge in [0, 0.05) is 0 Å². The van der Waals surface area contributed by atoms with Crippen LogP contribution in [0.3, 0.4) is 0 Å². The van der Waals surface area contributed by atoms with Crippen LogP contribution in [0.1, 0.15) is 64.7 Å². The molecule has 0 saturated carbocycles. The Labute approximate surface area is 163 Å². The first-order chi connectivity index (χ1) is 13.0. The molecule has 0 spiro atoms. The largest absolute Gasteiger partial charge is 0.491 e. The van der Waals surface area contributed by atoms with Crippen molar-refractivity contribution in [3.05, 3.63) is 30.3 Å². The minimum Gasteiger partial charge on any atom is -0.491 e. The van der Waals surface area contributed by atoms with E-state index in [-0.39, 0.29) is 6.61 Å². The van der Waals surface area contributed by atoms with Gasteiger partial charge in [-0.15, -0.1) is 0 Å². The third kappa shape index (κ3) is 14.8. The zero-order valence-electron chi connectivity index (χ0n) is 16.4. The van der Waals surface area contributed by atoms with Crippen molar-refractivity contribution in [2.24, 2.45) is 0 Å². The van der Waals surface area contributed by atoms with Crippen molar-refractivity contribution < 1.29 is 28.3 Å². The molecule has 0 aliphatic carbocycles. The topological polar surface area (TPSA) is 85.2 Å². The first kappa shape index (κ1) is 24.1. The van der Waals surface area contributed by atoms with Crippen LogP contribution in [0.5, 0.6) is 5.75 Å². The fourth-order valence-corrected chi connectivity index (χ4v) is 3.37. The van der Waals surface area contributed by atoms with Crippen LogP contribution in [0, 0.1) is 0 Å². The molecule has 1 unspecified atom stereocenters. The van der Waals surface area contributed by atoms with Gasteiger partial charge in [0.1, 0.15) is 12.4 Å². The SMILES string of the molecule is CCCCCCCCCCC(COCCOc1ccccc1)OP(=O)(O)O. The standard InChI is InChI=1S/C20H35O6P/c1-2-3-4-5-6-7-8-10-15-20(26-27(21,22)23)18-24-16-17-25-19-13-11-9-12-14-19/h9,11-14,20H,2-8,10,15-18H2,1H3,(H2,21,22,23). The molecule has 0 saturated heterocycles. The molecular weight excluding hydrogens is 367 g/mol. The van der Waals surface area contributed by atoms with Crippen molar-refractivity contribution in [1.29, 1.82) is 0 Å². The number of phosphoric ester groups is 1. The number of unbranched alkanes of at least 4 members (excludes halogenated alkanes) is 7. The average molecular weight is 402 g/mol. The van der Waals surface area contributed by atoms with Gasteiger partial charge in [-0.1, -0.05) is 76.5 Å². The predicted molar refractivity (Wildman–Crippen MR) is 107 cm³/mol. The van der Waals surface area contributed by atoms with Crippen molar-refractivity contribution in [1.82, 2.24) is 0 Å². The van der Waals surface area contributed by atoms with Gasteiger partial charge in [0.15, 0.2) is 0 Å². The highest BCUT2D eigenvalue weighted by Crippen LogP contribution is 2.38. The molecule has 0 heterocycles. The molecule has 1 aromatic rings. The Hall–Kier alpha value is -0.910. The lowest BCUT2D eigenvalue weighted by molar-refractivity contribution is 0.0182. The Morgan fingerprint density at radius 1 is 0.926 bits per heavy atom. The van der Waals surface area contributed by atoms with Crippen LogP contribution in [-0.2, 0) is 13.8 Å². The fraction of sp³-hybridized carbons (Fsp3) is 0.700. The fourth-order valence-electron chi connectivity index (χ4n) is 2.82. The first-order valence-electron chi connectivity index (χ1n) is 10.0. The van der Waals surface area contributed by atoms with Crippen molar-refractivity contribution in [3.8, 4) is 5.75 Å². The van der Waals surface area contributed by atoms with Crippen LogP contribution in [0.2, 0.25) is 0 Å². The molecule has 0 amide bonds. The lowest BCUT2D eigenvalue weighted by Gasteiger charge is -2.18. The second kappa shape index (κ2) is 15.1. The lowest BCUT2D eigenvalue weighted by Crippen LogP contribution is -2.21. The van der Waals surface area contributed by atoms with Gasteiger partial charge in [-0.25, -0.2) is 4.57 Å². The maximum absolute atomic E-state index is 11.1. The van der Waals surface area contributed by atoms with Gasteiger partial charge in [-0.2, -0.15) is 0 Å². The molecule has 0 aliphatic rings. The zero-order valence-corrected chi connectivity index (χ0v) is 17.3. The van der Waals surface area contributed by atoms with E-state index in [0.29, 0.717) is 19.6 Å². The Balaban J connectivity index is 2.15. The number of phosphoric acid groups is 1. The number of benzene rings is 1. The summed E-state index contributed by atoms with van der Waals surface area (Å²) in [5.74, 6) is 0.767. The monoisotopic (exact) mass is 402 g/mol. The second-order valence-electron chi connectivity index (χ2n) is 6.72. The molecule has 1 atom stereocenters. The molecule has 27 heavy (non-hydrogen) atoms. The number of hydrogen-bond donors (Lipinski definition) is 2. The van der Waals surface area contributed by atoms with Gasteiger partial charge in [0.05, 0.1) is 19.3 Å². The summed E-state index contributed by atoms with van der Waals surface area (Å²) in [6.07, 6.45) is 9.38. The maximum atomic E-state index is 11.1. The molecule has 0 aromatic heterocycles. The van der Waals surface area contributed by atoms with Gasteiger partial charge in [0.25, 0.3) is 0 Å². The van der Waals surface area contributed by atoms with Crippen LogP contribution in [-0.4, -0.2) is 35.7 Å². The molecule has 0 bridgehead atoms. The van der Waals surface area contributed by atoms with E-state index < -0.39 is 13.9 Å². The molecule has 156 valence electrons. The summed E-state index contributed by atoms with van der Waals surface area (Å²) in [4.78, 5) is 18.1. The minimum atomic E-state index is -4.51. The Morgan fingerprint density at radius 3 is 2.19 bits per heavy atom. The average Bonchev–Trinajstić information content (AvgIpc) is 2.63. The molecule has 2 N–H and O–H groups in total. The number of rotatable bonds is 17. The van der Waals surface area contributed by atoms with Gasteiger partial charge in [-0.05, 0) is 18.6 Å². The normalized spacial score (nSPS) is 12.9. The molecule has 0 radical (unpaired) electrons. The molecule has 7 heteroatoms. The summed E-state index contributed by atoms with van der Waals surface area (Å²) in [5, 5.41) is 0. The predicted octanol–water partition coefficient (Wildman–Crippen LogP) is 5.09. The van der Waals surface area contributed by atoms with E-state index >= 15 is 0 Å². The summed E-state index contributed by atoms with van der Waals surface area (Å²) in [6, 6.07) is 9.43. The number of hydrogen-bond acceptors (Lipinski definition) is 4. The summed E-state index contributed by atoms with van der Waals surface area (Å²) in [5.41, 5.74) is 0. The van der Waals surface area contributed by atoms with E-state index in [4.69, 9.17) is 23.8 Å². The zero-order chi connectivity index (χ0) is 19.8. The van der Waals surface area contributed by atoms with E-state index in [1.54, 1.807) is 0 Å². The summed E-state index contributed by atoms with van der Waals surface area (Å²) < 4.78 is 27.0. The molecular formula is C20H35O6P. The Kier molecular flexibility index (Phi) is 13.5. The van der Waals surface area contributed by atoms with Gasteiger partial charge in [-0.3, -0.25) is 4.52 Å². The third-order valence-electron chi connectivity index (χ3n) is 4.21. The van der Waals surface area contributed by atoms with Crippen molar-refractivity contribution >= 4 is 7.82 Å². The number of ether oxygens (including phenoxy) is 2. The third-order valence-corrected chi connectivity index (χ3v) is 4.78. The Morgan fingerprint density at radius 2 is 1.56 bits per heavy atom. The second-order valence-corrected chi connectivity index (χ2v) is 7.91. The summed E-state index contributed by atoms with van der Waals surface area (Å²) in [6.45, 7) is 3.08. The van der Waals surface area contributed by atoms with Crippen LogP contribution in [0.15, 0.2) is 30.3 Å². The molecule has 1 rings (SSSR count). The highest BCUT2D eigenvalue weighted by atomic mass is 31.2. The quantitative estimate of drug-likeness (QED) is 0.279. The lowest BCUT2D eigenvalue weighted by atomic mass is 10.1. The molecule has 1 aromatic carbocycles. The van der Waals surface area contributed by atoms with Crippen molar-refractivity contribution in [3.63, 3.8) is 0 Å². The van der Waals surface area contributed by atoms with E-state index in [2.05, 4.69) is 6.92 Å². The smallest absolute Gasteiger partial charge is 0.469 e. The summed E-state index contributed by atoms with van der Waals surface area (Å²) >= 11 is 0. The van der Waals surface area contributed by atoms with E-state index in [0.717, 1.165) is 25.0 Å². The van der Waals surface area contributed by atoms with Crippen molar-refractivity contribution in [2.45, 2.75) is 70.8 Å². The number of para-hydroxylation sites is 1. The van der Waals surface area contributed by atoms with Gasteiger partial charge in [0.2, 0.25) is 0 Å². The Bertz CT molecular complexity index is 504. The van der Waals surface area contributed by atoms with Gasteiger partial charge < -0.3 is 19.3 Å². The first-order valence-corrected chi connectivity index (χ1v) is 11.5.